The van der Waals surface area contributed by atoms with Crippen LogP contribution in [-0.4, -0.2) is 18.2 Å². The van der Waals surface area contributed by atoms with Crippen molar-refractivity contribution in [2.24, 2.45) is 0 Å². The van der Waals surface area contributed by atoms with Crippen LogP contribution in [0.25, 0.3) is 0 Å². The highest BCUT2D eigenvalue weighted by Gasteiger charge is 2.05. The van der Waals surface area contributed by atoms with E-state index >= 15 is 0 Å². The second kappa shape index (κ2) is 3.05. The zero-order valence-corrected chi connectivity index (χ0v) is 6.11. The second-order valence-corrected chi connectivity index (χ2v) is 2.10. The molecule has 0 aliphatic carbocycles. The first-order valence-corrected chi connectivity index (χ1v) is 3.14. The van der Waals surface area contributed by atoms with E-state index in [0.29, 0.717) is 5.69 Å². The van der Waals surface area contributed by atoms with Gasteiger partial charge in [0.05, 0.1) is 0 Å². The van der Waals surface area contributed by atoms with Crippen molar-refractivity contribution in [3.05, 3.63) is 30.3 Å². The molecule has 0 saturated carbocycles. The van der Waals surface area contributed by atoms with Crippen molar-refractivity contribution >= 4 is 11.8 Å². The van der Waals surface area contributed by atoms with Gasteiger partial charge in [0.2, 0.25) is 0 Å². The summed E-state index contributed by atoms with van der Waals surface area (Å²) in [4.78, 5) is 11.6. The Morgan fingerprint density at radius 1 is 1.55 bits per heavy atom. The number of rotatable bonds is 1. The molecule has 0 heterocycles. The molecule has 1 amide bonds. The summed E-state index contributed by atoms with van der Waals surface area (Å²) in [6.07, 6.45) is -0.962. The first-order chi connectivity index (χ1) is 5.22. The van der Waals surface area contributed by atoms with E-state index in [-0.39, 0.29) is 0 Å². The summed E-state index contributed by atoms with van der Waals surface area (Å²) >= 11 is 0. The van der Waals surface area contributed by atoms with Crippen LogP contribution < -0.4 is 4.90 Å². The molecule has 0 unspecified atom stereocenters. The molecule has 3 nitrogen and oxygen atoms in total. The predicted octanol–water partition coefficient (Wildman–Crippen LogP) is 1.60. The van der Waals surface area contributed by atoms with E-state index in [0.717, 1.165) is 4.90 Å². The molecule has 0 aliphatic heterocycles. The molecule has 1 rings (SSSR count). The van der Waals surface area contributed by atoms with Crippen LogP contribution in [0.5, 0.6) is 0 Å². The third-order valence-electron chi connectivity index (χ3n) is 1.37. The summed E-state index contributed by atoms with van der Waals surface area (Å²) < 4.78 is 0. The summed E-state index contributed by atoms with van der Waals surface area (Å²) in [6.45, 7) is 0. The average Bonchev–Trinajstić information content (AvgIpc) is 2.05. The van der Waals surface area contributed by atoms with Crippen molar-refractivity contribution in [2.75, 3.05) is 11.9 Å². The molecule has 1 radical (unpaired) electrons. The highest BCUT2D eigenvalue weighted by Crippen LogP contribution is 2.09. The zero-order chi connectivity index (χ0) is 8.27. The van der Waals surface area contributed by atoms with Crippen molar-refractivity contribution in [1.82, 2.24) is 0 Å². The Labute approximate surface area is 64.9 Å². The number of nitrogens with zero attached hydrogens (tertiary/aromatic N) is 1. The highest BCUT2D eigenvalue weighted by molar-refractivity contribution is 5.85. The third-order valence-corrected chi connectivity index (χ3v) is 1.37. The maximum absolute atomic E-state index is 10.4. The van der Waals surface area contributed by atoms with Gasteiger partial charge in [-0.25, -0.2) is 4.79 Å². The van der Waals surface area contributed by atoms with Crippen molar-refractivity contribution in [1.29, 1.82) is 0 Å². The van der Waals surface area contributed by atoms with Gasteiger partial charge in [0.15, 0.2) is 0 Å². The average molecular weight is 150 g/mol. The van der Waals surface area contributed by atoms with E-state index < -0.39 is 6.09 Å². The van der Waals surface area contributed by atoms with Gasteiger partial charge >= 0.3 is 6.09 Å². The topological polar surface area (TPSA) is 40.5 Å². The van der Waals surface area contributed by atoms with Gasteiger partial charge in [-0.1, -0.05) is 12.1 Å². The van der Waals surface area contributed by atoms with Crippen molar-refractivity contribution < 1.29 is 9.90 Å². The number of hydrogen-bond donors (Lipinski definition) is 1. The lowest BCUT2D eigenvalue weighted by Gasteiger charge is -2.11. The van der Waals surface area contributed by atoms with Crippen LogP contribution in [0, 0.1) is 6.07 Å². The maximum Gasteiger partial charge on any atom is 0.411 e. The lowest BCUT2D eigenvalue weighted by molar-refractivity contribution is 0.203. The minimum atomic E-state index is -0.962. The quantitative estimate of drug-likeness (QED) is 0.660. The Morgan fingerprint density at radius 3 is 2.55 bits per heavy atom. The van der Waals surface area contributed by atoms with Gasteiger partial charge in [0.25, 0.3) is 0 Å². The summed E-state index contributed by atoms with van der Waals surface area (Å²) in [5.74, 6) is 0. The van der Waals surface area contributed by atoms with Crippen LogP contribution in [0.4, 0.5) is 10.5 Å². The van der Waals surface area contributed by atoms with Gasteiger partial charge in [-0.2, -0.15) is 0 Å². The Bertz CT molecular complexity index is 246. The van der Waals surface area contributed by atoms with Crippen molar-refractivity contribution in [2.45, 2.75) is 0 Å². The Hall–Kier alpha value is -1.51. The lowest BCUT2D eigenvalue weighted by Crippen LogP contribution is -2.23. The SMILES string of the molecule is CN(C(=O)O)c1cc[c]cc1. The highest BCUT2D eigenvalue weighted by atomic mass is 16.4. The summed E-state index contributed by atoms with van der Waals surface area (Å²) in [7, 11) is 1.50. The molecule has 0 bridgehead atoms. The molecule has 57 valence electrons. The lowest BCUT2D eigenvalue weighted by atomic mass is 10.3. The minimum Gasteiger partial charge on any atom is -0.465 e. The second-order valence-electron chi connectivity index (χ2n) is 2.10. The third kappa shape index (κ3) is 1.70. The normalized spacial score (nSPS) is 9.18. The fraction of sp³-hybridized carbons (Fsp3) is 0.125. The largest absolute Gasteiger partial charge is 0.465 e. The number of anilines is 1. The molecule has 0 fully saturated rings. The first kappa shape index (κ1) is 7.60. The zero-order valence-electron chi connectivity index (χ0n) is 6.11. The molecule has 0 saturated heterocycles. The van der Waals surface area contributed by atoms with E-state index in [1.807, 2.05) is 0 Å². The molecular formula is C8H8NO2. The molecule has 1 aromatic carbocycles. The van der Waals surface area contributed by atoms with Crippen molar-refractivity contribution in [3.8, 4) is 0 Å². The summed E-state index contributed by atoms with van der Waals surface area (Å²) in [5.41, 5.74) is 0.649. The van der Waals surface area contributed by atoms with Gasteiger partial charge in [-0.15, -0.1) is 0 Å². The molecule has 1 N–H and O–H groups in total. The van der Waals surface area contributed by atoms with Crippen LogP contribution in [0.15, 0.2) is 24.3 Å². The molecule has 0 aromatic heterocycles. The van der Waals surface area contributed by atoms with Crippen LogP contribution in [0.1, 0.15) is 0 Å². The number of carboxylic acid groups (broad SMARTS) is 1. The van der Waals surface area contributed by atoms with Gasteiger partial charge in [-0.05, 0) is 18.2 Å². The van der Waals surface area contributed by atoms with Crippen LogP contribution in [0.3, 0.4) is 0 Å². The van der Waals surface area contributed by atoms with E-state index in [1.54, 1.807) is 24.3 Å². The van der Waals surface area contributed by atoms with Gasteiger partial charge < -0.3 is 5.11 Å². The van der Waals surface area contributed by atoms with Crippen LogP contribution >= 0.6 is 0 Å². The van der Waals surface area contributed by atoms with E-state index in [1.165, 1.54) is 7.05 Å². The standard InChI is InChI=1S/C8H8NO2/c1-9(8(10)11)7-5-3-2-4-6-7/h3-6H,1H3,(H,10,11). The van der Waals surface area contributed by atoms with Crippen LogP contribution in [0.2, 0.25) is 0 Å². The minimum absolute atomic E-state index is 0.649. The molecule has 1 aromatic rings. The smallest absolute Gasteiger partial charge is 0.411 e. The van der Waals surface area contributed by atoms with Crippen molar-refractivity contribution in [3.63, 3.8) is 0 Å². The molecule has 0 aliphatic rings. The summed E-state index contributed by atoms with van der Waals surface area (Å²) in [5, 5.41) is 8.55. The first-order valence-electron chi connectivity index (χ1n) is 3.14. The number of carbonyl (C=O) groups is 1. The monoisotopic (exact) mass is 150 g/mol. The Morgan fingerprint density at radius 2 is 2.09 bits per heavy atom. The fourth-order valence-electron chi connectivity index (χ4n) is 0.712. The fourth-order valence-corrected chi connectivity index (χ4v) is 0.712. The molecule has 0 spiro atoms. The van der Waals surface area contributed by atoms with Gasteiger partial charge in [0.1, 0.15) is 0 Å². The summed E-state index contributed by atoms with van der Waals surface area (Å²) in [6, 6.07) is 9.53. The Balaban J connectivity index is 2.85. The van der Waals surface area contributed by atoms with E-state index in [9.17, 15) is 4.79 Å². The van der Waals surface area contributed by atoms with E-state index in [4.69, 9.17) is 5.11 Å². The van der Waals surface area contributed by atoms with Gasteiger partial charge in [0, 0.05) is 12.7 Å². The van der Waals surface area contributed by atoms with Gasteiger partial charge in [-0.3, -0.25) is 4.90 Å². The Kier molecular flexibility index (Phi) is 2.11. The molecule has 3 heteroatoms. The van der Waals surface area contributed by atoms with Crippen LogP contribution in [-0.2, 0) is 0 Å². The molecule has 0 atom stereocenters. The van der Waals surface area contributed by atoms with E-state index in [2.05, 4.69) is 6.07 Å². The maximum atomic E-state index is 10.4. The number of amides is 1. The number of hydrogen-bond acceptors (Lipinski definition) is 1. The predicted molar refractivity (Wildman–Crippen MR) is 41.7 cm³/mol. The molecule has 11 heavy (non-hydrogen) atoms. The number of benzene rings is 1. The molecular weight excluding hydrogens is 142 g/mol.